The van der Waals surface area contributed by atoms with Crippen LogP contribution < -0.4 is 5.32 Å². The number of nitrogens with one attached hydrogen (secondary N) is 1. The monoisotopic (exact) mass is 218 g/mol. The molecule has 2 fully saturated rings. The topological polar surface area (TPSA) is 32.3 Å². The van der Waals surface area contributed by atoms with Gasteiger partial charge in [-0.25, -0.2) is 0 Å². The maximum absolute atomic E-state index is 11.8. The maximum Gasteiger partial charge on any atom is 0.228 e. The highest BCUT2D eigenvalue weighted by Gasteiger charge is 2.29. The summed E-state index contributed by atoms with van der Waals surface area (Å²) in [4.78, 5) is 13.8. The van der Waals surface area contributed by atoms with Gasteiger partial charge in [-0.1, -0.05) is 21.6 Å². The normalized spacial score (nSPS) is 25.1. The summed E-state index contributed by atoms with van der Waals surface area (Å²) in [6, 6.07) is 0. The molecular weight excluding hydrogens is 204 g/mol. The van der Waals surface area contributed by atoms with Crippen molar-refractivity contribution in [2.45, 2.75) is 0 Å². The van der Waals surface area contributed by atoms with Crippen LogP contribution in [0.4, 0.5) is 0 Å². The van der Waals surface area contributed by atoms with E-state index in [1.807, 2.05) is 26.5 Å². The minimum Gasteiger partial charge on any atom is -0.341 e. The van der Waals surface area contributed by atoms with Gasteiger partial charge in [0.05, 0.1) is 5.92 Å². The van der Waals surface area contributed by atoms with Crippen LogP contribution in [0.3, 0.4) is 0 Å². The fourth-order valence-corrected chi connectivity index (χ4v) is 3.45. The second-order valence-electron chi connectivity index (χ2n) is 3.32. The molecule has 0 aromatic heterocycles. The standard InChI is InChI=1S/C8H14N2OS2/c11-8(7-5-9-6-7)10-1-3-12-13-4-2-10/h7,9H,1-6H2. The smallest absolute Gasteiger partial charge is 0.228 e. The average Bonchev–Trinajstić information content (AvgIpc) is 2.27. The van der Waals surface area contributed by atoms with Crippen LogP contribution in [0.5, 0.6) is 0 Å². The van der Waals surface area contributed by atoms with Gasteiger partial charge in [0.2, 0.25) is 5.91 Å². The van der Waals surface area contributed by atoms with Gasteiger partial charge in [-0.05, 0) is 0 Å². The van der Waals surface area contributed by atoms with E-state index in [1.165, 1.54) is 0 Å². The number of amides is 1. The van der Waals surface area contributed by atoms with Crippen molar-refractivity contribution in [1.29, 1.82) is 0 Å². The highest BCUT2D eigenvalue weighted by atomic mass is 33.1. The van der Waals surface area contributed by atoms with Crippen molar-refractivity contribution in [2.75, 3.05) is 37.7 Å². The molecule has 0 unspecified atom stereocenters. The number of hydrogen-bond acceptors (Lipinski definition) is 4. The zero-order valence-electron chi connectivity index (χ0n) is 7.49. The molecule has 74 valence electrons. The molecule has 2 aliphatic rings. The highest BCUT2D eigenvalue weighted by molar-refractivity contribution is 8.76. The van der Waals surface area contributed by atoms with Gasteiger partial charge in [0.1, 0.15) is 0 Å². The van der Waals surface area contributed by atoms with Crippen LogP contribution in [0.2, 0.25) is 0 Å². The van der Waals surface area contributed by atoms with Crippen molar-refractivity contribution in [1.82, 2.24) is 10.2 Å². The second-order valence-corrected chi connectivity index (χ2v) is 6.03. The van der Waals surface area contributed by atoms with Crippen LogP contribution in [0.25, 0.3) is 0 Å². The molecule has 2 rings (SSSR count). The fraction of sp³-hybridized carbons (Fsp3) is 0.875. The van der Waals surface area contributed by atoms with E-state index in [9.17, 15) is 4.79 Å². The van der Waals surface area contributed by atoms with Gasteiger partial charge in [0.25, 0.3) is 0 Å². The van der Waals surface area contributed by atoms with Crippen molar-refractivity contribution < 1.29 is 4.79 Å². The first kappa shape index (κ1) is 9.68. The molecule has 0 bridgehead atoms. The summed E-state index contributed by atoms with van der Waals surface area (Å²) >= 11 is 0. The number of carbonyl (C=O) groups excluding carboxylic acids is 1. The summed E-state index contributed by atoms with van der Waals surface area (Å²) in [7, 11) is 3.76. The minimum atomic E-state index is 0.271. The molecule has 0 saturated carbocycles. The zero-order valence-corrected chi connectivity index (χ0v) is 9.12. The summed E-state index contributed by atoms with van der Waals surface area (Å²) in [6.07, 6.45) is 0. The first-order valence-corrected chi connectivity index (χ1v) is 7.10. The SMILES string of the molecule is O=C(C1CNC1)N1CCSSCC1. The zero-order chi connectivity index (χ0) is 9.10. The Hall–Kier alpha value is 0.130. The van der Waals surface area contributed by atoms with Gasteiger partial charge in [-0.2, -0.15) is 0 Å². The molecule has 0 aromatic carbocycles. The second kappa shape index (κ2) is 4.57. The lowest BCUT2D eigenvalue weighted by Crippen LogP contribution is -2.52. The van der Waals surface area contributed by atoms with E-state index in [0.29, 0.717) is 5.91 Å². The summed E-state index contributed by atoms with van der Waals surface area (Å²) in [6.45, 7) is 3.64. The Morgan fingerprint density at radius 3 is 2.31 bits per heavy atom. The Kier molecular flexibility index (Phi) is 3.40. The molecule has 1 N–H and O–H groups in total. The van der Waals surface area contributed by atoms with E-state index in [1.54, 1.807) is 0 Å². The van der Waals surface area contributed by atoms with Crippen molar-refractivity contribution in [3.8, 4) is 0 Å². The molecule has 0 spiro atoms. The van der Waals surface area contributed by atoms with E-state index >= 15 is 0 Å². The molecule has 0 radical (unpaired) electrons. The number of carbonyl (C=O) groups is 1. The molecular formula is C8H14N2OS2. The molecule has 2 aliphatic heterocycles. The largest absolute Gasteiger partial charge is 0.341 e. The first-order chi connectivity index (χ1) is 6.38. The predicted octanol–water partition coefficient (Wildman–Crippen LogP) is 0.429. The van der Waals surface area contributed by atoms with E-state index in [0.717, 1.165) is 37.7 Å². The summed E-state index contributed by atoms with van der Waals surface area (Å²) < 4.78 is 0. The van der Waals surface area contributed by atoms with Crippen LogP contribution in [0.15, 0.2) is 0 Å². The van der Waals surface area contributed by atoms with Gasteiger partial charge >= 0.3 is 0 Å². The van der Waals surface area contributed by atoms with Gasteiger partial charge in [-0.3, -0.25) is 4.79 Å². The summed E-state index contributed by atoms with van der Waals surface area (Å²) in [5, 5.41) is 3.14. The third-order valence-electron chi connectivity index (χ3n) is 2.41. The van der Waals surface area contributed by atoms with Crippen LogP contribution in [0.1, 0.15) is 0 Å². The number of nitrogens with zero attached hydrogens (tertiary/aromatic N) is 1. The summed E-state index contributed by atoms with van der Waals surface area (Å²) in [5.74, 6) is 2.79. The molecule has 13 heavy (non-hydrogen) atoms. The van der Waals surface area contributed by atoms with Crippen molar-refractivity contribution in [3.63, 3.8) is 0 Å². The third kappa shape index (κ3) is 2.33. The Balaban J connectivity index is 1.85. The molecule has 2 heterocycles. The van der Waals surface area contributed by atoms with Crippen LogP contribution >= 0.6 is 21.6 Å². The molecule has 1 amide bonds. The molecule has 0 aromatic rings. The van der Waals surface area contributed by atoms with Crippen LogP contribution in [0, 0.1) is 5.92 Å². The molecule has 5 heteroatoms. The van der Waals surface area contributed by atoms with Gasteiger partial charge in [-0.15, -0.1) is 0 Å². The number of rotatable bonds is 1. The van der Waals surface area contributed by atoms with Crippen molar-refractivity contribution >= 4 is 27.5 Å². The Morgan fingerprint density at radius 1 is 1.23 bits per heavy atom. The lowest BCUT2D eigenvalue weighted by Gasteiger charge is -2.31. The first-order valence-electron chi connectivity index (χ1n) is 4.62. The fourth-order valence-electron chi connectivity index (χ4n) is 1.47. The van der Waals surface area contributed by atoms with Crippen LogP contribution in [-0.2, 0) is 4.79 Å². The lowest BCUT2D eigenvalue weighted by atomic mass is 10.0. The van der Waals surface area contributed by atoms with E-state index in [2.05, 4.69) is 5.32 Å². The predicted molar refractivity (Wildman–Crippen MR) is 57.9 cm³/mol. The quantitative estimate of drug-likeness (QED) is 0.647. The van der Waals surface area contributed by atoms with Gasteiger partial charge < -0.3 is 10.2 Å². The average molecular weight is 218 g/mol. The Labute approximate surface area is 86.4 Å². The molecule has 0 atom stereocenters. The lowest BCUT2D eigenvalue weighted by molar-refractivity contribution is -0.136. The maximum atomic E-state index is 11.8. The van der Waals surface area contributed by atoms with E-state index in [4.69, 9.17) is 0 Å². The molecule has 2 saturated heterocycles. The minimum absolute atomic E-state index is 0.271. The highest BCUT2D eigenvalue weighted by Crippen LogP contribution is 2.24. The molecule has 3 nitrogen and oxygen atoms in total. The van der Waals surface area contributed by atoms with E-state index < -0.39 is 0 Å². The van der Waals surface area contributed by atoms with Gasteiger partial charge in [0.15, 0.2) is 0 Å². The number of hydrogen-bond donors (Lipinski definition) is 1. The van der Waals surface area contributed by atoms with Gasteiger partial charge in [0, 0.05) is 37.7 Å². The van der Waals surface area contributed by atoms with Crippen molar-refractivity contribution in [3.05, 3.63) is 0 Å². The molecule has 0 aliphatic carbocycles. The Bertz CT molecular complexity index is 189. The third-order valence-corrected chi connectivity index (χ3v) is 4.78. The Morgan fingerprint density at radius 2 is 1.85 bits per heavy atom. The summed E-state index contributed by atoms with van der Waals surface area (Å²) in [5.41, 5.74) is 0. The van der Waals surface area contributed by atoms with Crippen LogP contribution in [-0.4, -0.2) is 48.5 Å². The van der Waals surface area contributed by atoms with E-state index in [-0.39, 0.29) is 5.92 Å². The van der Waals surface area contributed by atoms with Crippen molar-refractivity contribution in [2.24, 2.45) is 5.92 Å².